The summed E-state index contributed by atoms with van der Waals surface area (Å²) < 4.78 is 11.0. The van der Waals surface area contributed by atoms with Crippen molar-refractivity contribution in [3.8, 4) is 17.2 Å². The molecule has 4 rings (SSSR count). The van der Waals surface area contributed by atoms with Crippen molar-refractivity contribution in [1.29, 1.82) is 0 Å². The average Bonchev–Trinajstić information content (AvgIpc) is 3.09. The number of aromatic nitrogens is 2. The molecule has 0 N–H and O–H groups in total. The zero-order chi connectivity index (χ0) is 16.4. The first-order chi connectivity index (χ1) is 11.8. The van der Waals surface area contributed by atoms with Gasteiger partial charge in [0.25, 0.3) is 5.89 Å². The molecule has 4 nitrogen and oxygen atoms in total. The van der Waals surface area contributed by atoms with E-state index >= 15 is 0 Å². The summed E-state index contributed by atoms with van der Waals surface area (Å²) >= 11 is 6.07. The number of benzene rings is 3. The van der Waals surface area contributed by atoms with Gasteiger partial charge in [-0.1, -0.05) is 65.3 Å². The number of para-hydroxylation sites is 1. The van der Waals surface area contributed by atoms with Crippen LogP contribution in [0.25, 0.3) is 22.2 Å². The van der Waals surface area contributed by atoms with Gasteiger partial charge in [0.05, 0.1) is 5.02 Å². The normalized spacial score (nSPS) is 10.9. The highest BCUT2D eigenvalue weighted by atomic mass is 35.5. The van der Waals surface area contributed by atoms with Crippen molar-refractivity contribution in [1.82, 2.24) is 10.1 Å². The van der Waals surface area contributed by atoms with Gasteiger partial charge in [0.2, 0.25) is 5.82 Å². The number of halogens is 1. The summed E-state index contributed by atoms with van der Waals surface area (Å²) in [6, 6.07) is 21.4. The van der Waals surface area contributed by atoms with Crippen molar-refractivity contribution in [3.05, 3.63) is 77.6 Å². The fourth-order valence-corrected chi connectivity index (χ4v) is 2.73. The molecule has 1 aromatic heterocycles. The lowest BCUT2D eigenvalue weighted by atomic mass is 10.0. The van der Waals surface area contributed by atoms with Crippen LogP contribution in [0.5, 0.6) is 5.75 Å². The van der Waals surface area contributed by atoms with Gasteiger partial charge < -0.3 is 9.26 Å². The molecule has 4 aromatic rings. The topological polar surface area (TPSA) is 48.2 Å². The highest BCUT2D eigenvalue weighted by Gasteiger charge is 2.12. The molecule has 0 aliphatic carbocycles. The second kappa shape index (κ2) is 6.34. The summed E-state index contributed by atoms with van der Waals surface area (Å²) in [5.41, 5.74) is 0.907. The Morgan fingerprint density at radius 2 is 1.71 bits per heavy atom. The Kier molecular flexibility index (Phi) is 3.89. The predicted octanol–water partition coefficient (Wildman–Crippen LogP) is 5.12. The van der Waals surface area contributed by atoms with E-state index in [2.05, 4.69) is 22.3 Å². The molecule has 0 aliphatic rings. The molecule has 0 aliphatic heterocycles. The summed E-state index contributed by atoms with van der Waals surface area (Å²) in [4.78, 5) is 4.43. The Labute approximate surface area is 143 Å². The van der Waals surface area contributed by atoms with Crippen molar-refractivity contribution < 1.29 is 9.26 Å². The summed E-state index contributed by atoms with van der Waals surface area (Å²) in [6.45, 7) is 0.192. The number of ether oxygens (including phenoxy) is 1. The number of rotatable bonds is 4. The van der Waals surface area contributed by atoms with E-state index in [1.165, 1.54) is 0 Å². The van der Waals surface area contributed by atoms with Gasteiger partial charge >= 0.3 is 0 Å². The van der Waals surface area contributed by atoms with Gasteiger partial charge in [-0.05, 0) is 29.0 Å². The molecule has 0 unspecified atom stereocenters. The standard InChI is InChI=1S/C19H13ClN2O2/c20-16-10-3-4-11-17(16)23-12-18-21-19(24-22-18)15-9-5-7-13-6-1-2-8-14(13)15/h1-11H,12H2. The van der Waals surface area contributed by atoms with Crippen molar-refractivity contribution in [2.75, 3.05) is 0 Å². The van der Waals surface area contributed by atoms with E-state index in [0.29, 0.717) is 22.5 Å². The number of nitrogens with zero attached hydrogens (tertiary/aromatic N) is 2. The van der Waals surface area contributed by atoms with E-state index in [0.717, 1.165) is 16.3 Å². The Bertz CT molecular complexity index is 992. The third kappa shape index (κ3) is 2.84. The van der Waals surface area contributed by atoms with E-state index in [1.807, 2.05) is 42.5 Å². The van der Waals surface area contributed by atoms with Gasteiger partial charge in [0.1, 0.15) is 5.75 Å². The molecule has 0 fully saturated rings. The molecule has 118 valence electrons. The highest BCUT2D eigenvalue weighted by Crippen LogP contribution is 2.28. The fraction of sp³-hybridized carbons (Fsp3) is 0.0526. The second-order valence-corrected chi connectivity index (χ2v) is 5.67. The lowest BCUT2D eigenvalue weighted by Gasteiger charge is -2.04. The van der Waals surface area contributed by atoms with E-state index in [1.54, 1.807) is 12.1 Å². The molecule has 5 heteroatoms. The molecule has 0 spiro atoms. The molecule has 0 saturated heterocycles. The fourth-order valence-electron chi connectivity index (χ4n) is 2.54. The summed E-state index contributed by atoms with van der Waals surface area (Å²) in [6.07, 6.45) is 0. The second-order valence-electron chi connectivity index (χ2n) is 5.26. The first-order valence-electron chi connectivity index (χ1n) is 7.49. The minimum Gasteiger partial charge on any atom is -0.484 e. The monoisotopic (exact) mass is 336 g/mol. The largest absolute Gasteiger partial charge is 0.484 e. The van der Waals surface area contributed by atoms with Crippen molar-refractivity contribution >= 4 is 22.4 Å². The Hall–Kier alpha value is -2.85. The van der Waals surface area contributed by atoms with Crippen LogP contribution in [0.3, 0.4) is 0 Å². The summed E-state index contributed by atoms with van der Waals surface area (Å²) in [5, 5.41) is 6.74. The molecular weight excluding hydrogens is 324 g/mol. The van der Waals surface area contributed by atoms with E-state index in [9.17, 15) is 0 Å². The molecule has 1 heterocycles. The van der Waals surface area contributed by atoms with Gasteiger partial charge in [0.15, 0.2) is 6.61 Å². The van der Waals surface area contributed by atoms with Crippen LogP contribution in [-0.4, -0.2) is 10.1 Å². The molecule has 0 amide bonds. The maximum Gasteiger partial charge on any atom is 0.258 e. The maximum absolute atomic E-state index is 6.07. The van der Waals surface area contributed by atoms with Gasteiger partial charge in [-0.2, -0.15) is 4.98 Å². The van der Waals surface area contributed by atoms with Crippen LogP contribution in [0.2, 0.25) is 5.02 Å². The van der Waals surface area contributed by atoms with Gasteiger partial charge in [-0.15, -0.1) is 0 Å². The van der Waals surface area contributed by atoms with E-state index in [4.69, 9.17) is 20.9 Å². The first-order valence-corrected chi connectivity index (χ1v) is 7.87. The van der Waals surface area contributed by atoms with E-state index < -0.39 is 0 Å². The van der Waals surface area contributed by atoms with Crippen LogP contribution in [-0.2, 0) is 6.61 Å². The van der Waals surface area contributed by atoms with E-state index in [-0.39, 0.29) is 6.61 Å². The van der Waals surface area contributed by atoms with Crippen LogP contribution in [0.1, 0.15) is 5.82 Å². The highest BCUT2D eigenvalue weighted by molar-refractivity contribution is 6.32. The van der Waals surface area contributed by atoms with Gasteiger partial charge in [-0.25, -0.2) is 0 Å². The van der Waals surface area contributed by atoms with Crippen LogP contribution < -0.4 is 4.74 Å². The molecular formula is C19H13ClN2O2. The molecule has 0 radical (unpaired) electrons. The maximum atomic E-state index is 6.07. The lowest BCUT2D eigenvalue weighted by molar-refractivity contribution is 0.287. The molecule has 3 aromatic carbocycles. The van der Waals surface area contributed by atoms with Gasteiger partial charge in [-0.3, -0.25) is 0 Å². The third-order valence-corrected chi connectivity index (χ3v) is 3.99. The van der Waals surface area contributed by atoms with Crippen LogP contribution in [0.15, 0.2) is 71.3 Å². The first kappa shape index (κ1) is 14.7. The Balaban J connectivity index is 1.59. The Morgan fingerprint density at radius 1 is 0.917 bits per heavy atom. The smallest absolute Gasteiger partial charge is 0.258 e. The van der Waals surface area contributed by atoms with Gasteiger partial charge in [0, 0.05) is 5.56 Å². The zero-order valence-electron chi connectivity index (χ0n) is 12.6. The molecule has 0 atom stereocenters. The van der Waals surface area contributed by atoms with Crippen LogP contribution >= 0.6 is 11.6 Å². The van der Waals surface area contributed by atoms with Crippen molar-refractivity contribution in [2.45, 2.75) is 6.61 Å². The minimum absolute atomic E-state index is 0.192. The SMILES string of the molecule is Clc1ccccc1OCc1noc(-c2cccc3ccccc23)n1. The number of hydrogen-bond donors (Lipinski definition) is 0. The van der Waals surface area contributed by atoms with Crippen molar-refractivity contribution in [2.24, 2.45) is 0 Å². The summed E-state index contributed by atoms with van der Waals surface area (Å²) in [5.74, 6) is 1.54. The predicted molar refractivity (Wildman–Crippen MR) is 93.0 cm³/mol. The number of hydrogen-bond acceptors (Lipinski definition) is 4. The molecule has 0 saturated carbocycles. The lowest BCUT2D eigenvalue weighted by Crippen LogP contribution is -1.97. The quantitative estimate of drug-likeness (QED) is 0.519. The van der Waals surface area contributed by atoms with Crippen LogP contribution in [0, 0.1) is 0 Å². The Morgan fingerprint density at radius 3 is 2.62 bits per heavy atom. The van der Waals surface area contributed by atoms with Crippen LogP contribution in [0.4, 0.5) is 0 Å². The molecule has 24 heavy (non-hydrogen) atoms. The minimum atomic E-state index is 0.192. The number of fused-ring (bicyclic) bond motifs is 1. The molecule has 0 bridgehead atoms. The third-order valence-electron chi connectivity index (χ3n) is 3.68. The van der Waals surface area contributed by atoms with Crippen molar-refractivity contribution in [3.63, 3.8) is 0 Å². The zero-order valence-corrected chi connectivity index (χ0v) is 13.4. The summed E-state index contributed by atoms with van der Waals surface area (Å²) in [7, 11) is 0. The average molecular weight is 337 g/mol.